The van der Waals surface area contributed by atoms with E-state index in [9.17, 15) is 24.2 Å². The van der Waals surface area contributed by atoms with Crippen LogP contribution in [0, 0.1) is 0 Å². The molecule has 0 amide bonds. The first-order valence-electron chi connectivity index (χ1n) is 21.4. The Bertz CT molecular complexity index is 1120. The third kappa shape index (κ3) is 39.8. The number of phosphoric ester groups is 1. The fraction of sp³-hybridized carbons (Fsp3) is 0.727. The van der Waals surface area contributed by atoms with Crippen molar-refractivity contribution < 1.29 is 52.9 Å². The lowest BCUT2D eigenvalue weighted by molar-refractivity contribution is -0.161. The molecule has 0 spiro atoms. The predicted octanol–water partition coefficient (Wildman–Crippen LogP) is 10.1. The Morgan fingerprint density at radius 2 is 1.00 bits per heavy atom. The summed E-state index contributed by atoms with van der Waals surface area (Å²) in [5, 5.41) is 27.1. The van der Waals surface area contributed by atoms with Gasteiger partial charge in [0.1, 0.15) is 12.7 Å². The maximum Gasteiger partial charge on any atom is 0.472 e. The smallest absolute Gasteiger partial charge is 0.462 e. The number of carbonyl (C=O) groups is 2. The molecule has 0 aliphatic rings. The Hall–Kier alpha value is -2.37. The van der Waals surface area contributed by atoms with E-state index in [1.807, 2.05) is 12.2 Å². The highest BCUT2D eigenvalue weighted by Crippen LogP contribution is 2.43. The summed E-state index contributed by atoms with van der Waals surface area (Å²) in [4.78, 5) is 34.9. The second-order valence-electron chi connectivity index (χ2n) is 14.1. The highest BCUT2D eigenvalue weighted by atomic mass is 31.2. The molecule has 0 aromatic rings. The maximum absolute atomic E-state index is 12.6. The third-order valence-corrected chi connectivity index (χ3v) is 9.65. The molecule has 0 radical (unpaired) electrons. The van der Waals surface area contributed by atoms with Crippen LogP contribution < -0.4 is 0 Å². The van der Waals surface area contributed by atoms with Crippen molar-refractivity contribution in [3.8, 4) is 0 Å². The van der Waals surface area contributed by atoms with Crippen molar-refractivity contribution in [3.05, 3.63) is 60.8 Å². The number of hydrogen-bond donors (Lipinski definition) is 4. The quantitative estimate of drug-likeness (QED) is 0.0201. The molecule has 0 aromatic carbocycles. The van der Waals surface area contributed by atoms with E-state index in [2.05, 4.69) is 60.1 Å². The molecule has 0 aliphatic carbocycles. The van der Waals surface area contributed by atoms with Gasteiger partial charge in [-0.1, -0.05) is 125 Å². The van der Waals surface area contributed by atoms with Crippen LogP contribution in [0.4, 0.5) is 0 Å². The van der Waals surface area contributed by atoms with Crippen LogP contribution in [0.2, 0.25) is 0 Å². The van der Waals surface area contributed by atoms with Gasteiger partial charge in [0.25, 0.3) is 0 Å². The predicted molar refractivity (Wildman–Crippen MR) is 225 cm³/mol. The zero-order valence-corrected chi connectivity index (χ0v) is 35.4. The van der Waals surface area contributed by atoms with Crippen molar-refractivity contribution in [2.24, 2.45) is 0 Å². The van der Waals surface area contributed by atoms with Crippen molar-refractivity contribution in [3.63, 3.8) is 0 Å². The van der Waals surface area contributed by atoms with E-state index < -0.39 is 51.8 Å². The van der Waals surface area contributed by atoms with Crippen LogP contribution in [-0.4, -0.2) is 77.4 Å². The summed E-state index contributed by atoms with van der Waals surface area (Å²) in [6, 6.07) is 0. The summed E-state index contributed by atoms with van der Waals surface area (Å²) in [7, 11) is -4.64. The number of aliphatic hydroxyl groups excluding tert-OH is 3. The molecule has 324 valence electrons. The molecular weight excluding hydrogens is 735 g/mol. The zero-order chi connectivity index (χ0) is 41.2. The maximum atomic E-state index is 12.6. The number of aliphatic hydroxyl groups is 3. The van der Waals surface area contributed by atoms with Gasteiger partial charge < -0.3 is 29.7 Å². The topological polar surface area (TPSA) is 169 Å². The van der Waals surface area contributed by atoms with Crippen LogP contribution in [0.5, 0.6) is 0 Å². The van der Waals surface area contributed by atoms with Crippen molar-refractivity contribution in [1.29, 1.82) is 0 Å². The molecular formula is C44H77O11P. The lowest BCUT2D eigenvalue weighted by Crippen LogP contribution is -2.29. The summed E-state index contributed by atoms with van der Waals surface area (Å²) in [5.74, 6) is -1.02. The van der Waals surface area contributed by atoms with Crippen molar-refractivity contribution >= 4 is 19.8 Å². The largest absolute Gasteiger partial charge is 0.472 e. The number of esters is 2. The minimum atomic E-state index is -4.64. The molecule has 0 heterocycles. The number of carbonyl (C=O) groups excluding carboxylic acids is 2. The molecule has 0 bridgehead atoms. The molecule has 11 nitrogen and oxygen atoms in total. The van der Waals surface area contributed by atoms with Crippen molar-refractivity contribution in [1.82, 2.24) is 0 Å². The summed E-state index contributed by atoms with van der Waals surface area (Å²) >= 11 is 0. The van der Waals surface area contributed by atoms with Gasteiger partial charge >= 0.3 is 19.8 Å². The summed E-state index contributed by atoms with van der Waals surface area (Å²) in [6.45, 7) is 0.291. The molecule has 0 rings (SSSR count). The van der Waals surface area contributed by atoms with Crippen LogP contribution in [0.1, 0.15) is 161 Å². The average Bonchev–Trinajstić information content (AvgIpc) is 3.19. The second-order valence-corrected chi connectivity index (χ2v) is 15.5. The minimum Gasteiger partial charge on any atom is -0.462 e. The van der Waals surface area contributed by atoms with E-state index >= 15 is 0 Å². The van der Waals surface area contributed by atoms with Gasteiger partial charge in [-0.2, -0.15) is 0 Å². The van der Waals surface area contributed by atoms with Gasteiger partial charge in [0.2, 0.25) is 0 Å². The number of phosphoric acid groups is 1. The Kier molecular flexibility index (Phi) is 39.1. The molecule has 3 atom stereocenters. The van der Waals surface area contributed by atoms with Gasteiger partial charge in [0.15, 0.2) is 6.10 Å². The fourth-order valence-corrected chi connectivity index (χ4v) is 6.16. The number of rotatable bonds is 40. The second kappa shape index (κ2) is 40.8. The lowest BCUT2D eigenvalue weighted by Gasteiger charge is -2.20. The summed E-state index contributed by atoms with van der Waals surface area (Å²) < 4.78 is 32.6. The molecule has 0 fully saturated rings. The summed E-state index contributed by atoms with van der Waals surface area (Å²) in [5.41, 5.74) is 0. The molecule has 0 aromatic heterocycles. The van der Waals surface area contributed by atoms with Crippen LogP contribution in [0.25, 0.3) is 0 Å². The van der Waals surface area contributed by atoms with E-state index in [-0.39, 0.29) is 26.1 Å². The highest BCUT2D eigenvalue weighted by molar-refractivity contribution is 7.47. The lowest BCUT2D eigenvalue weighted by atomic mass is 10.1. The Morgan fingerprint density at radius 1 is 0.554 bits per heavy atom. The van der Waals surface area contributed by atoms with Gasteiger partial charge in [-0.05, 0) is 83.5 Å². The first kappa shape index (κ1) is 53.6. The van der Waals surface area contributed by atoms with E-state index in [0.717, 1.165) is 83.5 Å². The number of ether oxygens (including phenoxy) is 2. The van der Waals surface area contributed by atoms with Crippen LogP contribution in [-0.2, 0) is 32.7 Å². The third-order valence-electron chi connectivity index (χ3n) is 8.70. The Morgan fingerprint density at radius 3 is 1.55 bits per heavy atom. The van der Waals surface area contributed by atoms with Crippen molar-refractivity contribution in [2.75, 3.05) is 33.0 Å². The van der Waals surface area contributed by atoms with E-state index in [4.69, 9.17) is 24.2 Å². The molecule has 12 heteroatoms. The SMILES string of the molecule is CCCCCCCCC=CCCCCCCCC(=O)OCC(COP(=O)(O)OCC(O)CO)OC(=O)CCCC=CCC=CCC=CCC=CCCCCCO. The molecule has 3 unspecified atom stereocenters. The summed E-state index contributed by atoms with van der Waals surface area (Å²) in [6.07, 6.45) is 42.0. The van der Waals surface area contributed by atoms with E-state index in [1.165, 1.54) is 38.5 Å². The number of unbranched alkanes of at least 4 members (excludes halogenated alkanes) is 15. The fourth-order valence-electron chi connectivity index (χ4n) is 5.37. The first-order chi connectivity index (χ1) is 27.2. The van der Waals surface area contributed by atoms with Crippen LogP contribution in [0.15, 0.2) is 60.8 Å². The first-order valence-corrected chi connectivity index (χ1v) is 22.8. The highest BCUT2D eigenvalue weighted by Gasteiger charge is 2.27. The van der Waals surface area contributed by atoms with Gasteiger partial charge in [0.05, 0.1) is 19.8 Å². The number of allylic oxidation sites excluding steroid dienone is 10. The van der Waals surface area contributed by atoms with Crippen LogP contribution >= 0.6 is 7.82 Å². The van der Waals surface area contributed by atoms with Crippen molar-refractivity contribution in [2.45, 2.75) is 173 Å². The molecule has 4 N–H and O–H groups in total. The minimum absolute atomic E-state index is 0.0947. The standard InChI is InChI=1S/C44H77O11P/c1-2-3-4-5-6-7-8-9-13-16-19-22-25-28-31-34-43(48)52-39-42(40-54-56(50,51)53-38-41(47)37-46)55-44(49)35-32-29-26-23-20-17-14-11-10-12-15-18-21-24-27-30-33-36-45/h9-10,12-14,17-18,21,23,26,41-42,45-47H,2-8,11,15-16,19-20,22,24-25,27-40H2,1H3,(H,50,51). The van der Waals surface area contributed by atoms with E-state index in [0.29, 0.717) is 19.3 Å². The molecule has 0 aliphatic heterocycles. The average molecular weight is 813 g/mol. The molecule has 0 saturated heterocycles. The Labute approximate surface area is 338 Å². The van der Waals surface area contributed by atoms with Gasteiger partial charge in [-0.25, -0.2) is 4.57 Å². The van der Waals surface area contributed by atoms with Gasteiger partial charge in [-0.3, -0.25) is 18.6 Å². The van der Waals surface area contributed by atoms with Gasteiger partial charge in [-0.15, -0.1) is 0 Å². The normalized spacial score (nSPS) is 14.4. The molecule has 0 saturated carbocycles. The van der Waals surface area contributed by atoms with Crippen LogP contribution in [0.3, 0.4) is 0 Å². The number of hydrogen-bond acceptors (Lipinski definition) is 10. The zero-order valence-electron chi connectivity index (χ0n) is 34.5. The molecule has 56 heavy (non-hydrogen) atoms. The monoisotopic (exact) mass is 813 g/mol. The van der Waals surface area contributed by atoms with Gasteiger partial charge in [0, 0.05) is 19.4 Å². The Balaban J connectivity index is 4.42. The van der Waals surface area contributed by atoms with E-state index in [1.54, 1.807) is 0 Å².